The Morgan fingerprint density at radius 2 is 2.13 bits per heavy atom. The quantitative estimate of drug-likeness (QED) is 0.838. The lowest BCUT2D eigenvalue weighted by Crippen LogP contribution is -2.33. The lowest BCUT2D eigenvalue weighted by molar-refractivity contribution is -0.158. The number of hydrogen-bond donors (Lipinski definition) is 1. The first-order chi connectivity index (χ1) is 6.91. The predicted octanol–water partition coefficient (Wildman–Crippen LogP) is 1.25. The van der Waals surface area contributed by atoms with Gasteiger partial charge in [0.25, 0.3) is 0 Å². The predicted molar refractivity (Wildman–Crippen MR) is 47.6 cm³/mol. The zero-order valence-corrected chi connectivity index (χ0v) is 8.59. The Hall–Kier alpha value is -1.24. The highest BCUT2D eigenvalue weighted by molar-refractivity contribution is 5.29. The molecule has 0 saturated heterocycles. The van der Waals surface area contributed by atoms with Crippen molar-refractivity contribution in [3.05, 3.63) is 11.9 Å². The van der Waals surface area contributed by atoms with E-state index in [1.807, 2.05) is 0 Å². The minimum Gasteiger partial charge on any atom is -0.493 e. The maximum absolute atomic E-state index is 12.6. The molecule has 1 unspecified atom stereocenters. The minimum absolute atomic E-state index is 0.0347. The standard InChI is InChI=1S/C8H12F3N3O/c1-12-7(8(9,10)11)6-5(15-3)4-13-14(6)2/h4,7,12H,1-3H3. The number of nitrogens with one attached hydrogen (secondary N) is 1. The van der Waals surface area contributed by atoms with Crippen LogP contribution < -0.4 is 10.1 Å². The minimum atomic E-state index is -4.38. The Morgan fingerprint density at radius 3 is 2.53 bits per heavy atom. The molecule has 1 aromatic rings. The van der Waals surface area contributed by atoms with Crippen LogP contribution >= 0.6 is 0 Å². The van der Waals surface area contributed by atoms with Gasteiger partial charge >= 0.3 is 6.18 Å². The number of aryl methyl sites for hydroxylation is 1. The molecule has 0 aliphatic heterocycles. The molecule has 15 heavy (non-hydrogen) atoms. The Morgan fingerprint density at radius 1 is 1.53 bits per heavy atom. The molecule has 0 bridgehead atoms. The van der Waals surface area contributed by atoms with E-state index in [-0.39, 0.29) is 11.4 Å². The molecule has 0 amide bonds. The van der Waals surface area contributed by atoms with Gasteiger partial charge in [-0.15, -0.1) is 0 Å². The van der Waals surface area contributed by atoms with E-state index in [0.717, 1.165) is 4.68 Å². The second-order valence-electron chi connectivity index (χ2n) is 2.99. The molecule has 86 valence electrons. The van der Waals surface area contributed by atoms with Gasteiger partial charge in [0.1, 0.15) is 11.7 Å². The van der Waals surface area contributed by atoms with Crippen molar-refractivity contribution in [3.8, 4) is 5.75 Å². The number of rotatable bonds is 3. The van der Waals surface area contributed by atoms with E-state index in [1.165, 1.54) is 27.4 Å². The van der Waals surface area contributed by atoms with Crippen molar-refractivity contribution in [3.63, 3.8) is 0 Å². The van der Waals surface area contributed by atoms with Gasteiger partial charge in [-0.2, -0.15) is 18.3 Å². The highest BCUT2D eigenvalue weighted by Crippen LogP contribution is 2.36. The van der Waals surface area contributed by atoms with Crippen molar-refractivity contribution >= 4 is 0 Å². The zero-order valence-electron chi connectivity index (χ0n) is 8.59. The van der Waals surface area contributed by atoms with E-state index in [1.54, 1.807) is 0 Å². The van der Waals surface area contributed by atoms with Gasteiger partial charge < -0.3 is 10.1 Å². The fraction of sp³-hybridized carbons (Fsp3) is 0.625. The Kier molecular flexibility index (Phi) is 3.23. The first-order valence-corrected chi connectivity index (χ1v) is 4.21. The smallest absolute Gasteiger partial charge is 0.409 e. The molecule has 1 aromatic heterocycles. The van der Waals surface area contributed by atoms with Crippen molar-refractivity contribution in [2.24, 2.45) is 7.05 Å². The maximum Gasteiger partial charge on any atom is 0.409 e. The molecule has 7 heteroatoms. The number of halogens is 3. The molecule has 0 saturated carbocycles. The first-order valence-electron chi connectivity index (χ1n) is 4.21. The van der Waals surface area contributed by atoms with Crippen molar-refractivity contribution in [1.82, 2.24) is 15.1 Å². The van der Waals surface area contributed by atoms with Gasteiger partial charge in [-0.25, -0.2) is 0 Å². The van der Waals surface area contributed by atoms with Crippen molar-refractivity contribution in [1.29, 1.82) is 0 Å². The Balaban J connectivity index is 3.16. The molecule has 1 atom stereocenters. The maximum atomic E-state index is 12.6. The van der Waals surface area contributed by atoms with Crippen LogP contribution in [0.4, 0.5) is 13.2 Å². The molecule has 0 radical (unpaired) electrons. The molecule has 0 spiro atoms. The number of hydrogen-bond acceptors (Lipinski definition) is 3. The van der Waals surface area contributed by atoms with Crippen LogP contribution in [0.5, 0.6) is 5.75 Å². The van der Waals surface area contributed by atoms with E-state index in [9.17, 15) is 13.2 Å². The molecule has 0 aliphatic rings. The van der Waals surface area contributed by atoms with Crippen LogP contribution in [0.25, 0.3) is 0 Å². The molecule has 4 nitrogen and oxygen atoms in total. The summed E-state index contributed by atoms with van der Waals surface area (Å²) >= 11 is 0. The van der Waals surface area contributed by atoms with Crippen LogP contribution in [0.2, 0.25) is 0 Å². The summed E-state index contributed by atoms with van der Waals surface area (Å²) in [6, 6.07) is -1.78. The molecular weight excluding hydrogens is 211 g/mol. The van der Waals surface area contributed by atoms with E-state index < -0.39 is 12.2 Å². The summed E-state index contributed by atoms with van der Waals surface area (Å²) in [6.45, 7) is 0. The van der Waals surface area contributed by atoms with Gasteiger partial charge in [0, 0.05) is 7.05 Å². The monoisotopic (exact) mass is 223 g/mol. The molecular formula is C8H12F3N3O. The highest BCUT2D eigenvalue weighted by Gasteiger charge is 2.43. The fourth-order valence-corrected chi connectivity index (χ4v) is 1.37. The topological polar surface area (TPSA) is 39.1 Å². The summed E-state index contributed by atoms with van der Waals surface area (Å²) in [6.07, 6.45) is -3.12. The average molecular weight is 223 g/mol. The number of nitrogens with zero attached hydrogens (tertiary/aromatic N) is 2. The van der Waals surface area contributed by atoms with Crippen LogP contribution in [-0.4, -0.2) is 30.1 Å². The number of ether oxygens (including phenoxy) is 1. The normalized spacial score (nSPS) is 14.0. The third-order valence-corrected chi connectivity index (χ3v) is 2.06. The highest BCUT2D eigenvalue weighted by atomic mass is 19.4. The molecule has 0 aliphatic carbocycles. The van der Waals surface area contributed by atoms with Crippen LogP contribution in [0.15, 0.2) is 6.20 Å². The third kappa shape index (κ3) is 2.23. The lowest BCUT2D eigenvalue weighted by Gasteiger charge is -2.20. The summed E-state index contributed by atoms with van der Waals surface area (Å²) < 4.78 is 43.8. The molecule has 0 fully saturated rings. The van der Waals surface area contributed by atoms with Crippen molar-refractivity contribution in [2.45, 2.75) is 12.2 Å². The Labute approximate surface area is 85.0 Å². The van der Waals surface area contributed by atoms with Crippen molar-refractivity contribution in [2.75, 3.05) is 14.2 Å². The number of alkyl halides is 3. The van der Waals surface area contributed by atoms with Crippen LogP contribution in [0.1, 0.15) is 11.7 Å². The van der Waals surface area contributed by atoms with Crippen LogP contribution in [0, 0.1) is 0 Å². The Bertz CT molecular complexity index is 334. The first kappa shape index (κ1) is 11.8. The summed E-state index contributed by atoms with van der Waals surface area (Å²) in [7, 11) is 3.99. The molecule has 1 heterocycles. The summed E-state index contributed by atoms with van der Waals surface area (Å²) in [5, 5.41) is 5.92. The summed E-state index contributed by atoms with van der Waals surface area (Å²) in [5.74, 6) is 0.120. The average Bonchev–Trinajstić information content (AvgIpc) is 2.47. The van der Waals surface area contributed by atoms with Gasteiger partial charge in [-0.3, -0.25) is 4.68 Å². The van der Waals surface area contributed by atoms with Gasteiger partial charge in [0.05, 0.1) is 13.3 Å². The molecule has 0 aromatic carbocycles. The van der Waals surface area contributed by atoms with E-state index >= 15 is 0 Å². The SMILES string of the molecule is CNC(c1c(OC)cnn1C)C(F)(F)F. The fourth-order valence-electron chi connectivity index (χ4n) is 1.37. The van der Waals surface area contributed by atoms with E-state index in [4.69, 9.17) is 4.74 Å². The molecule has 1 rings (SSSR count). The van der Waals surface area contributed by atoms with Crippen molar-refractivity contribution < 1.29 is 17.9 Å². The summed E-state index contributed by atoms with van der Waals surface area (Å²) in [4.78, 5) is 0. The van der Waals surface area contributed by atoms with Gasteiger partial charge in [0.15, 0.2) is 5.75 Å². The summed E-state index contributed by atoms with van der Waals surface area (Å²) in [5.41, 5.74) is -0.0347. The largest absolute Gasteiger partial charge is 0.493 e. The van der Waals surface area contributed by atoms with Gasteiger partial charge in [0.2, 0.25) is 0 Å². The zero-order chi connectivity index (χ0) is 11.6. The second-order valence-corrected chi connectivity index (χ2v) is 2.99. The van der Waals surface area contributed by atoms with Gasteiger partial charge in [-0.1, -0.05) is 0 Å². The number of aromatic nitrogens is 2. The van der Waals surface area contributed by atoms with Gasteiger partial charge in [-0.05, 0) is 7.05 Å². The third-order valence-electron chi connectivity index (χ3n) is 2.06. The van der Waals surface area contributed by atoms with E-state index in [2.05, 4.69) is 10.4 Å². The lowest BCUT2D eigenvalue weighted by atomic mass is 10.2. The molecule has 1 N–H and O–H groups in total. The van der Waals surface area contributed by atoms with Crippen LogP contribution in [-0.2, 0) is 7.05 Å². The number of methoxy groups -OCH3 is 1. The van der Waals surface area contributed by atoms with Crippen LogP contribution in [0.3, 0.4) is 0 Å². The van der Waals surface area contributed by atoms with E-state index in [0.29, 0.717) is 0 Å². The second kappa shape index (κ2) is 4.09.